The Balaban J connectivity index is 1.83. The number of anilines is 2. The zero-order chi connectivity index (χ0) is 14.8. The van der Waals surface area contributed by atoms with Crippen molar-refractivity contribution in [3.8, 4) is 0 Å². The number of aryl methyl sites for hydroxylation is 1. The molecule has 0 aliphatic carbocycles. The van der Waals surface area contributed by atoms with Gasteiger partial charge in [-0.1, -0.05) is 0 Å². The standard InChI is InChI=1S/C14H15FN6/c1-21-8-19-12(20-21)4-6-18-14-10(15)7-11(16)9-3-2-5-17-13(9)14/h2-3,5,7-8,18H,4,6,16H2,1H3. The van der Waals surface area contributed by atoms with Gasteiger partial charge in [-0.25, -0.2) is 9.37 Å². The number of halogens is 1. The molecule has 21 heavy (non-hydrogen) atoms. The zero-order valence-electron chi connectivity index (χ0n) is 11.5. The van der Waals surface area contributed by atoms with Gasteiger partial charge in [-0.2, -0.15) is 5.10 Å². The topological polar surface area (TPSA) is 81.7 Å². The maximum atomic E-state index is 14.1. The van der Waals surface area contributed by atoms with Crippen molar-refractivity contribution >= 4 is 22.3 Å². The molecule has 0 bridgehead atoms. The minimum Gasteiger partial charge on any atom is -0.398 e. The number of pyridine rings is 1. The first-order valence-electron chi connectivity index (χ1n) is 6.56. The third kappa shape index (κ3) is 2.62. The van der Waals surface area contributed by atoms with Crippen LogP contribution in [0.5, 0.6) is 0 Å². The molecule has 6 nitrogen and oxygen atoms in total. The number of hydrogen-bond acceptors (Lipinski definition) is 5. The Labute approximate surface area is 120 Å². The molecule has 0 fully saturated rings. The summed E-state index contributed by atoms with van der Waals surface area (Å²) in [5.74, 6) is 0.297. The molecule has 0 aliphatic heterocycles. The molecule has 2 aromatic heterocycles. The van der Waals surface area contributed by atoms with E-state index in [4.69, 9.17) is 5.73 Å². The van der Waals surface area contributed by atoms with Crippen LogP contribution in [0.4, 0.5) is 15.8 Å². The number of rotatable bonds is 4. The van der Waals surface area contributed by atoms with Gasteiger partial charge in [0.2, 0.25) is 0 Å². The number of fused-ring (bicyclic) bond motifs is 1. The summed E-state index contributed by atoms with van der Waals surface area (Å²) in [6.07, 6.45) is 3.85. The second-order valence-corrected chi connectivity index (χ2v) is 4.73. The van der Waals surface area contributed by atoms with Crippen molar-refractivity contribution in [2.75, 3.05) is 17.6 Å². The fourth-order valence-corrected chi connectivity index (χ4v) is 2.20. The monoisotopic (exact) mass is 286 g/mol. The summed E-state index contributed by atoms with van der Waals surface area (Å²) >= 11 is 0. The summed E-state index contributed by atoms with van der Waals surface area (Å²) in [6, 6.07) is 4.91. The van der Waals surface area contributed by atoms with Crippen molar-refractivity contribution in [1.82, 2.24) is 19.7 Å². The van der Waals surface area contributed by atoms with Gasteiger partial charge in [-0.3, -0.25) is 9.67 Å². The number of benzene rings is 1. The van der Waals surface area contributed by atoms with Crippen LogP contribution in [0.2, 0.25) is 0 Å². The van der Waals surface area contributed by atoms with Crippen molar-refractivity contribution in [3.63, 3.8) is 0 Å². The van der Waals surface area contributed by atoms with Gasteiger partial charge in [0.1, 0.15) is 6.33 Å². The van der Waals surface area contributed by atoms with Gasteiger partial charge < -0.3 is 11.1 Å². The summed E-state index contributed by atoms with van der Waals surface area (Å²) in [7, 11) is 1.81. The lowest BCUT2D eigenvalue weighted by atomic mass is 10.1. The van der Waals surface area contributed by atoms with Gasteiger partial charge in [-0.05, 0) is 18.2 Å². The van der Waals surface area contributed by atoms with E-state index >= 15 is 0 Å². The van der Waals surface area contributed by atoms with Crippen LogP contribution in [-0.2, 0) is 13.5 Å². The number of aromatic nitrogens is 4. The summed E-state index contributed by atoms with van der Waals surface area (Å²) in [5.41, 5.74) is 7.09. The molecule has 0 atom stereocenters. The molecule has 0 saturated heterocycles. The van der Waals surface area contributed by atoms with E-state index in [2.05, 4.69) is 20.4 Å². The second kappa shape index (κ2) is 5.35. The molecule has 0 aliphatic rings. The lowest BCUT2D eigenvalue weighted by molar-refractivity contribution is 0.631. The Hall–Kier alpha value is -2.70. The Kier molecular flexibility index (Phi) is 3.39. The molecule has 3 rings (SSSR count). The molecule has 108 valence electrons. The lowest BCUT2D eigenvalue weighted by Crippen LogP contribution is -2.09. The van der Waals surface area contributed by atoms with E-state index in [1.807, 2.05) is 6.07 Å². The molecule has 7 heteroatoms. The largest absolute Gasteiger partial charge is 0.398 e. The van der Waals surface area contributed by atoms with Crippen molar-refractivity contribution < 1.29 is 4.39 Å². The third-order valence-electron chi connectivity index (χ3n) is 3.17. The molecular weight excluding hydrogens is 271 g/mol. The van der Waals surface area contributed by atoms with Gasteiger partial charge in [0.25, 0.3) is 0 Å². The highest BCUT2D eigenvalue weighted by atomic mass is 19.1. The summed E-state index contributed by atoms with van der Waals surface area (Å²) in [5, 5.41) is 7.97. The van der Waals surface area contributed by atoms with E-state index in [0.29, 0.717) is 35.7 Å². The average Bonchev–Trinajstić information content (AvgIpc) is 2.88. The molecule has 3 aromatic rings. The average molecular weight is 286 g/mol. The highest BCUT2D eigenvalue weighted by Crippen LogP contribution is 2.29. The van der Waals surface area contributed by atoms with Crippen LogP contribution in [0.15, 0.2) is 30.7 Å². The van der Waals surface area contributed by atoms with Crippen LogP contribution in [0, 0.1) is 5.82 Å². The van der Waals surface area contributed by atoms with Gasteiger partial charge in [0.15, 0.2) is 11.6 Å². The first-order chi connectivity index (χ1) is 10.1. The number of nitrogens with two attached hydrogens (primary N) is 1. The fraction of sp³-hybridized carbons (Fsp3) is 0.214. The predicted octanol–water partition coefficient (Wildman–Crippen LogP) is 1.74. The van der Waals surface area contributed by atoms with Crippen LogP contribution in [0.3, 0.4) is 0 Å². The van der Waals surface area contributed by atoms with Crippen molar-refractivity contribution in [3.05, 3.63) is 42.4 Å². The van der Waals surface area contributed by atoms with Crippen molar-refractivity contribution in [1.29, 1.82) is 0 Å². The molecule has 2 heterocycles. The molecule has 0 saturated carbocycles. The Bertz CT molecular complexity index is 782. The number of nitrogens with one attached hydrogen (secondary N) is 1. The molecule has 0 amide bonds. The van der Waals surface area contributed by atoms with Gasteiger partial charge in [0, 0.05) is 37.3 Å². The Morgan fingerprint density at radius 1 is 1.38 bits per heavy atom. The smallest absolute Gasteiger partial charge is 0.152 e. The summed E-state index contributed by atoms with van der Waals surface area (Å²) in [4.78, 5) is 8.34. The number of hydrogen-bond donors (Lipinski definition) is 2. The molecule has 0 spiro atoms. The SMILES string of the molecule is Cn1cnc(CCNc2c(F)cc(N)c3cccnc23)n1. The van der Waals surface area contributed by atoms with Crippen LogP contribution >= 0.6 is 0 Å². The zero-order valence-corrected chi connectivity index (χ0v) is 11.5. The summed E-state index contributed by atoms with van der Waals surface area (Å²) < 4.78 is 15.7. The maximum Gasteiger partial charge on any atom is 0.152 e. The normalized spacial score (nSPS) is 11.0. The van der Waals surface area contributed by atoms with Gasteiger partial charge in [0.05, 0.1) is 11.2 Å². The number of nitrogens with zero attached hydrogens (tertiary/aromatic N) is 4. The Morgan fingerprint density at radius 2 is 2.24 bits per heavy atom. The number of nitrogen functional groups attached to an aromatic ring is 1. The van der Waals surface area contributed by atoms with Crippen molar-refractivity contribution in [2.24, 2.45) is 7.05 Å². The van der Waals surface area contributed by atoms with Crippen LogP contribution < -0.4 is 11.1 Å². The van der Waals surface area contributed by atoms with E-state index in [9.17, 15) is 4.39 Å². The second-order valence-electron chi connectivity index (χ2n) is 4.73. The summed E-state index contributed by atoms with van der Waals surface area (Å²) in [6.45, 7) is 0.510. The van der Waals surface area contributed by atoms with Gasteiger partial charge in [-0.15, -0.1) is 0 Å². The van der Waals surface area contributed by atoms with E-state index < -0.39 is 5.82 Å². The minimum atomic E-state index is -0.410. The fourth-order valence-electron chi connectivity index (χ4n) is 2.20. The van der Waals surface area contributed by atoms with Crippen molar-refractivity contribution in [2.45, 2.75) is 6.42 Å². The van der Waals surface area contributed by atoms with Crippen LogP contribution in [0.25, 0.3) is 10.9 Å². The first kappa shape index (κ1) is 13.3. The molecule has 3 N–H and O–H groups in total. The van der Waals surface area contributed by atoms with Crippen LogP contribution in [0.1, 0.15) is 5.82 Å². The lowest BCUT2D eigenvalue weighted by Gasteiger charge is -2.11. The molecule has 0 radical (unpaired) electrons. The predicted molar refractivity (Wildman–Crippen MR) is 79.3 cm³/mol. The quantitative estimate of drug-likeness (QED) is 0.714. The molecule has 0 unspecified atom stereocenters. The van der Waals surface area contributed by atoms with E-state index in [1.165, 1.54) is 6.07 Å². The van der Waals surface area contributed by atoms with Gasteiger partial charge >= 0.3 is 0 Å². The van der Waals surface area contributed by atoms with E-state index in [0.717, 1.165) is 5.39 Å². The molecular formula is C14H15FN6. The third-order valence-corrected chi connectivity index (χ3v) is 3.17. The van der Waals surface area contributed by atoms with E-state index in [-0.39, 0.29) is 0 Å². The van der Waals surface area contributed by atoms with E-state index in [1.54, 1.807) is 30.3 Å². The first-order valence-corrected chi connectivity index (χ1v) is 6.56. The minimum absolute atomic E-state index is 0.357. The Morgan fingerprint density at radius 3 is 3.00 bits per heavy atom. The molecule has 1 aromatic carbocycles. The maximum absolute atomic E-state index is 14.1. The van der Waals surface area contributed by atoms with Crippen LogP contribution in [-0.4, -0.2) is 26.3 Å². The highest BCUT2D eigenvalue weighted by Gasteiger charge is 2.11. The highest BCUT2D eigenvalue weighted by molar-refractivity contribution is 5.98.